The Kier molecular flexibility index (Phi) is 9.02. The van der Waals surface area contributed by atoms with Crippen LogP contribution in [0.1, 0.15) is 66.7 Å². The van der Waals surface area contributed by atoms with Crippen LogP contribution in [0.3, 0.4) is 0 Å². The van der Waals surface area contributed by atoms with Gasteiger partial charge in [0, 0.05) is 12.6 Å². The Morgan fingerprint density at radius 1 is 1.32 bits per heavy atom. The molecule has 0 radical (unpaired) electrons. The lowest BCUT2D eigenvalue weighted by molar-refractivity contribution is -0.146. The van der Waals surface area contributed by atoms with Gasteiger partial charge in [0.2, 0.25) is 0 Å². The summed E-state index contributed by atoms with van der Waals surface area (Å²) in [4.78, 5) is 11.5. The quantitative estimate of drug-likeness (QED) is 0.568. The molecule has 0 rings (SSSR count). The van der Waals surface area contributed by atoms with Crippen molar-refractivity contribution >= 4 is 5.97 Å². The highest BCUT2D eigenvalue weighted by molar-refractivity contribution is 5.78. The van der Waals surface area contributed by atoms with Gasteiger partial charge in [0.15, 0.2) is 0 Å². The molecule has 2 atom stereocenters. The fourth-order valence-corrected chi connectivity index (χ4v) is 2.37. The van der Waals surface area contributed by atoms with E-state index in [0.717, 1.165) is 19.3 Å². The zero-order valence-electron chi connectivity index (χ0n) is 13.2. The minimum absolute atomic E-state index is 0.163. The number of hydrogen-bond acceptors (Lipinski definition) is 3. The lowest BCUT2D eigenvalue weighted by atomic mass is 9.89. The summed E-state index contributed by atoms with van der Waals surface area (Å²) in [6.07, 6.45) is 4.41. The van der Waals surface area contributed by atoms with Crippen LogP contribution in [-0.2, 0) is 9.53 Å². The van der Waals surface area contributed by atoms with E-state index in [1.807, 2.05) is 20.8 Å². The fourth-order valence-electron chi connectivity index (χ4n) is 2.37. The molecular weight excluding hydrogens is 242 g/mol. The summed E-state index contributed by atoms with van der Waals surface area (Å²) in [6.45, 7) is 10.7. The van der Waals surface area contributed by atoms with Gasteiger partial charge in [-0.2, -0.15) is 0 Å². The van der Waals surface area contributed by atoms with Crippen LogP contribution in [0, 0.1) is 0 Å². The van der Waals surface area contributed by atoms with E-state index in [-0.39, 0.29) is 12.1 Å². The minimum atomic E-state index is -0.814. The monoisotopic (exact) mass is 273 g/mol. The fraction of sp³-hybridized carbons (Fsp3) is 0.933. The second-order valence-corrected chi connectivity index (χ2v) is 5.61. The molecule has 2 N–H and O–H groups in total. The summed E-state index contributed by atoms with van der Waals surface area (Å²) in [5.41, 5.74) is -0.814. The Morgan fingerprint density at radius 3 is 2.37 bits per heavy atom. The molecule has 0 aromatic heterocycles. The lowest BCUT2D eigenvalue weighted by Crippen LogP contribution is -2.54. The number of rotatable bonds is 11. The van der Waals surface area contributed by atoms with Crippen LogP contribution < -0.4 is 5.32 Å². The predicted octanol–water partition coefficient (Wildman–Crippen LogP) is 3.20. The summed E-state index contributed by atoms with van der Waals surface area (Å²) >= 11 is 0. The van der Waals surface area contributed by atoms with Crippen molar-refractivity contribution < 1.29 is 14.6 Å². The first kappa shape index (κ1) is 18.4. The van der Waals surface area contributed by atoms with Crippen molar-refractivity contribution in [2.75, 3.05) is 6.61 Å². The van der Waals surface area contributed by atoms with Gasteiger partial charge >= 0.3 is 5.97 Å². The Labute approximate surface area is 117 Å². The van der Waals surface area contributed by atoms with Gasteiger partial charge < -0.3 is 9.84 Å². The third-order valence-corrected chi connectivity index (χ3v) is 3.42. The lowest BCUT2D eigenvalue weighted by Gasteiger charge is -2.31. The topological polar surface area (TPSA) is 58.6 Å². The van der Waals surface area contributed by atoms with E-state index in [9.17, 15) is 9.90 Å². The zero-order valence-corrected chi connectivity index (χ0v) is 13.2. The molecule has 0 bridgehead atoms. The first-order valence-electron chi connectivity index (χ1n) is 7.50. The number of carbonyl (C=O) groups is 1. The summed E-state index contributed by atoms with van der Waals surface area (Å²) in [5.74, 6) is -0.759. The highest BCUT2D eigenvalue weighted by Crippen LogP contribution is 2.19. The number of hydrogen-bond donors (Lipinski definition) is 2. The van der Waals surface area contributed by atoms with Crippen LogP contribution >= 0.6 is 0 Å². The van der Waals surface area contributed by atoms with E-state index in [1.165, 1.54) is 0 Å². The molecule has 4 heteroatoms. The van der Waals surface area contributed by atoms with E-state index in [0.29, 0.717) is 19.4 Å². The number of ether oxygens (including phenoxy) is 1. The SMILES string of the molecule is CCCC(C)OCCCC(CC)(NC(C)C)C(=O)O. The van der Waals surface area contributed by atoms with Crippen LogP contribution in [0.2, 0.25) is 0 Å². The van der Waals surface area contributed by atoms with E-state index >= 15 is 0 Å². The van der Waals surface area contributed by atoms with Crippen molar-refractivity contribution in [2.24, 2.45) is 0 Å². The molecule has 0 aromatic carbocycles. The third-order valence-electron chi connectivity index (χ3n) is 3.42. The molecular formula is C15H31NO3. The van der Waals surface area contributed by atoms with E-state index in [4.69, 9.17) is 4.74 Å². The molecule has 0 aliphatic heterocycles. The Balaban J connectivity index is 4.24. The van der Waals surface area contributed by atoms with Gasteiger partial charge in [0.1, 0.15) is 5.54 Å². The second kappa shape index (κ2) is 9.32. The standard InChI is InChI=1S/C15H31NO3/c1-6-9-13(5)19-11-8-10-15(7-2,14(17)18)16-12(3)4/h12-13,16H,6-11H2,1-5H3,(H,17,18). The summed E-state index contributed by atoms with van der Waals surface area (Å²) < 4.78 is 5.69. The second-order valence-electron chi connectivity index (χ2n) is 5.61. The molecule has 0 saturated carbocycles. The maximum atomic E-state index is 11.5. The van der Waals surface area contributed by atoms with Crippen molar-refractivity contribution in [3.63, 3.8) is 0 Å². The maximum Gasteiger partial charge on any atom is 0.323 e. The number of aliphatic carboxylic acids is 1. The average Bonchev–Trinajstić information content (AvgIpc) is 2.32. The van der Waals surface area contributed by atoms with Gasteiger partial charge in [-0.05, 0) is 46.5 Å². The molecule has 4 nitrogen and oxygen atoms in total. The number of nitrogens with one attached hydrogen (secondary N) is 1. The molecule has 19 heavy (non-hydrogen) atoms. The minimum Gasteiger partial charge on any atom is -0.480 e. The summed E-state index contributed by atoms with van der Waals surface area (Å²) in [5, 5.41) is 12.7. The summed E-state index contributed by atoms with van der Waals surface area (Å²) in [6, 6.07) is 0.163. The molecule has 0 saturated heterocycles. The van der Waals surface area contributed by atoms with E-state index in [1.54, 1.807) is 0 Å². The van der Waals surface area contributed by atoms with Gasteiger partial charge in [-0.1, -0.05) is 20.3 Å². The molecule has 114 valence electrons. The molecule has 0 aromatic rings. The van der Waals surface area contributed by atoms with Crippen LogP contribution in [0.4, 0.5) is 0 Å². The van der Waals surface area contributed by atoms with Crippen molar-refractivity contribution in [3.8, 4) is 0 Å². The normalized spacial score (nSPS) is 16.3. The third kappa shape index (κ3) is 6.92. The summed E-state index contributed by atoms with van der Waals surface area (Å²) in [7, 11) is 0. The largest absolute Gasteiger partial charge is 0.480 e. The van der Waals surface area contributed by atoms with E-state index < -0.39 is 11.5 Å². The van der Waals surface area contributed by atoms with Crippen LogP contribution in [0.15, 0.2) is 0 Å². The number of carboxylic acid groups (broad SMARTS) is 1. The molecule has 0 fully saturated rings. The molecule has 0 aliphatic rings. The molecule has 0 heterocycles. The first-order chi connectivity index (χ1) is 8.88. The smallest absolute Gasteiger partial charge is 0.323 e. The van der Waals surface area contributed by atoms with E-state index in [2.05, 4.69) is 19.2 Å². The van der Waals surface area contributed by atoms with Gasteiger partial charge in [-0.25, -0.2) is 0 Å². The van der Waals surface area contributed by atoms with Crippen LogP contribution in [0.25, 0.3) is 0 Å². The Morgan fingerprint density at radius 2 is 1.95 bits per heavy atom. The molecule has 0 aliphatic carbocycles. The van der Waals surface area contributed by atoms with Crippen LogP contribution in [0.5, 0.6) is 0 Å². The maximum absolute atomic E-state index is 11.5. The van der Waals surface area contributed by atoms with Gasteiger partial charge in [0.05, 0.1) is 6.10 Å². The van der Waals surface area contributed by atoms with Crippen molar-refractivity contribution in [1.29, 1.82) is 0 Å². The van der Waals surface area contributed by atoms with Crippen molar-refractivity contribution in [2.45, 2.75) is 84.4 Å². The molecule has 0 amide bonds. The van der Waals surface area contributed by atoms with Gasteiger partial charge in [-0.3, -0.25) is 10.1 Å². The average molecular weight is 273 g/mol. The number of carboxylic acids is 1. The van der Waals surface area contributed by atoms with Gasteiger partial charge in [0.25, 0.3) is 0 Å². The van der Waals surface area contributed by atoms with Crippen molar-refractivity contribution in [1.82, 2.24) is 5.32 Å². The van der Waals surface area contributed by atoms with Gasteiger partial charge in [-0.15, -0.1) is 0 Å². The molecule has 0 spiro atoms. The zero-order chi connectivity index (χ0) is 14.9. The Hall–Kier alpha value is -0.610. The molecule has 2 unspecified atom stereocenters. The van der Waals surface area contributed by atoms with Crippen LogP contribution in [-0.4, -0.2) is 35.4 Å². The highest BCUT2D eigenvalue weighted by Gasteiger charge is 2.36. The van der Waals surface area contributed by atoms with Crippen molar-refractivity contribution in [3.05, 3.63) is 0 Å². The highest BCUT2D eigenvalue weighted by atomic mass is 16.5. The predicted molar refractivity (Wildman–Crippen MR) is 78.5 cm³/mol. The first-order valence-corrected chi connectivity index (χ1v) is 7.50. The Bertz CT molecular complexity index is 256.